The Hall–Kier alpha value is -1.22. The van der Waals surface area contributed by atoms with Crippen LogP contribution < -0.4 is 0 Å². The molecule has 1 N–H and O–H groups in total. The third-order valence-electron chi connectivity index (χ3n) is 5.74. The molecular weight excluding hydrogens is 374 g/mol. The SMILES string of the molecule is CCCCCCCCCCCCCCCCSCc1ccc(O)c2ncccc12. The summed E-state index contributed by atoms with van der Waals surface area (Å²) >= 11 is 2.00. The topological polar surface area (TPSA) is 33.1 Å². The smallest absolute Gasteiger partial charge is 0.141 e. The highest BCUT2D eigenvalue weighted by Crippen LogP contribution is 2.28. The Morgan fingerprint density at radius 3 is 1.97 bits per heavy atom. The van der Waals surface area contributed by atoms with E-state index in [1.54, 1.807) is 12.3 Å². The first-order valence-corrected chi connectivity index (χ1v) is 13.1. The Labute approximate surface area is 182 Å². The van der Waals surface area contributed by atoms with Crippen molar-refractivity contribution in [3.8, 4) is 5.75 Å². The molecule has 3 heteroatoms. The van der Waals surface area contributed by atoms with E-state index in [1.807, 2.05) is 23.9 Å². The molecule has 0 atom stereocenters. The number of rotatable bonds is 17. The van der Waals surface area contributed by atoms with Gasteiger partial charge < -0.3 is 5.11 Å². The maximum absolute atomic E-state index is 9.94. The van der Waals surface area contributed by atoms with Crippen molar-refractivity contribution in [2.24, 2.45) is 0 Å². The summed E-state index contributed by atoms with van der Waals surface area (Å²) in [7, 11) is 0. The van der Waals surface area contributed by atoms with Gasteiger partial charge in [0.1, 0.15) is 11.3 Å². The number of aromatic nitrogens is 1. The normalized spacial score (nSPS) is 11.3. The Morgan fingerprint density at radius 1 is 0.759 bits per heavy atom. The predicted molar refractivity (Wildman–Crippen MR) is 130 cm³/mol. The Balaban J connectivity index is 1.41. The molecule has 162 valence electrons. The quantitative estimate of drug-likeness (QED) is 0.262. The van der Waals surface area contributed by atoms with Gasteiger partial charge in [-0.2, -0.15) is 11.8 Å². The lowest BCUT2D eigenvalue weighted by atomic mass is 10.0. The average molecular weight is 416 g/mol. The first kappa shape index (κ1) is 24.1. The van der Waals surface area contributed by atoms with Crippen molar-refractivity contribution in [3.63, 3.8) is 0 Å². The van der Waals surface area contributed by atoms with E-state index in [9.17, 15) is 5.11 Å². The van der Waals surface area contributed by atoms with Crippen LogP contribution in [0.2, 0.25) is 0 Å². The van der Waals surface area contributed by atoms with Crippen LogP contribution in [0.1, 0.15) is 102 Å². The molecule has 0 bridgehead atoms. The molecule has 29 heavy (non-hydrogen) atoms. The number of phenolic OH excluding ortho intramolecular Hbond substituents is 1. The number of nitrogens with zero attached hydrogens (tertiary/aromatic N) is 1. The van der Waals surface area contributed by atoms with E-state index in [1.165, 1.54) is 101 Å². The molecule has 0 aliphatic carbocycles. The van der Waals surface area contributed by atoms with Gasteiger partial charge in [-0.15, -0.1) is 0 Å². The van der Waals surface area contributed by atoms with Crippen molar-refractivity contribution in [3.05, 3.63) is 36.0 Å². The second kappa shape index (κ2) is 15.6. The average Bonchev–Trinajstić information content (AvgIpc) is 2.75. The van der Waals surface area contributed by atoms with Gasteiger partial charge in [-0.05, 0) is 29.9 Å². The molecule has 0 aliphatic heterocycles. The van der Waals surface area contributed by atoms with Crippen molar-refractivity contribution in [2.45, 2.75) is 103 Å². The standard InChI is InChI=1S/C26H41NOS/c1-2-3-4-5-6-7-8-9-10-11-12-13-14-15-21-29-22-23-18-19-25(28)26-24(23)17-16-20-27-26/h16-20,28H,2-15,21-22H2,1H3. The first-order chi connectivity index (χ1) is 14.3. The molecule has 0 saturated heterocycles. The molecule has 2 aromatic rings. The van der Waals surface area contributed by atoms with E-state index in [4.69, 9.17) is 0 Å². The third kappa shape index (κ3) is 9.89. The molecular formula is C26H41NOS. The molecule has 0 spiro atoms. The van der Waals surface area contributed by atoms with Crippen molar-refractivity contribution >= 4 is 22.7 Å². The Kier molecular flexibility index (Phi) is 12.9. The number of phenols is 1. The van der Waals surface area contributed by atoms with E-state index in [-0.39, 0.29) is 5.75 Å². The summed E-state index contributed by atoms with van der Waals surface area (Å²) in [4.78, 5) is 4.31. The van der Waals surface area contributed by atoms with Crippen LogP contribution in [0.5, 0.6) is 5.75 Å². The lowest BCUT2D eigenvalue weighted by molar-refractivity contribution is 0.480. The number of thioether (sulfide) groups is 1. The van der Waals surface area contributed by atoms with Gasteiger partial charge in [-0.25, -0.2) is 0 Å². The molecule has 1 aromatic heterocycles. The first-order valence-electron chi connectivity index (χ1n) is 12.0. The number of benzene rings is 1. The highest BCUT2D eigenvalue weighted by atomic mass is 32.2. The zero-order valence-corrected chi connectivity index (χ0v) is 19.3. The summed E-state index contributed by atoms with van der Waals surface area (Å²) in [5, 5.41) is 11.0. The summed E-state index contributed by atoms with van der Waals surface area (Å²) in [6.45, 7) is 2.29. The van der Waals surface area contributed by atoms with Crippen molar-refractivity contribution < 1.29 is 5.11 Å². The summed E-state index contributed by atoms with van der Waals surface area (Å²) in [5.41, 5.74) is 2.00. The molecule has 1 heterocycles. The number of hydrogen-bond acceptors (Lipinski definition) is 3. The van der Waals surface area contributed by atoms with E-state index < -0.39 is 0 Å². The number of pyridine rings is 1. The van der Waals surface area contributed by atoms with Crippen LogP contribution in [-0.4, -0.2) is 15.8 Å². The van der Waals surface area contributed by atoms with Crippen LogP contribution in [0, 0.1) is 0 Å². The lowest BCUT2D eigenvalue weighted by Gasteiger charge is -2.07. The second-order valence-corrected chi connectivity index (χ2v) is 9.40. The van der Waals surface area contributed by atoms with Gasteiger partial charge in [0, 0.05) is 17.3 Å². The number of unbranched alkanes of at least 4 members (excludes halogenated alkanes) is 13. The van der Waals surface area contributed by atoms with Crippen molar-refractivity contribution in [1.82, 2.24) is 4.98 Å². The minimum atomic E-state index is 0.279. The molecule has 0 saturated carbocycles. The zero-order valence-electron chi connectivity index (χ0n) is 18.5. The summed E-state index contributed by atoms with van der Waals surface area (Å²) in [6.07, 6.45) is 21.6. The minimum absolute atomic E-state index is 0.279. The summed E-state index contributed by atoms with van der Waals surface area (Å²) < 4.78 is 0. The largest absolute Gasteiger partial charge is 0.506 e. The monoisotopic (exact) mass is 415 g/mol. The fourth-order valence-corrected chi connectivity index (χ4v) is 4.95. The van der Waals surface area contributed by atoms with Gasteiger partial charge in [0.25, 0.3) is 0 Å². The molecule has 0 aliphatic rings. The maximum atomic E-state index is 9.94. The van der Waals surface area contributed by atoms with Gasteiger partial charge in [-0.3, -0.25) is 4.98 Å². The Morgan fingerprint density at radius 2 is 1.34 bits per heavy atom. The maximum Gasteiger partial charge on any atom is 0.141 e. The molecule has 2 rings (SSSR count). The molecule has 1 aromatic carbocycles. The number of hydrogen-bond donors (Lipinski definition) is 1. The second-order valence-electron chi connectivity index (χ2n) is 8.29. The van der Waals surface area contributed by atoms with Gasteiger partial charge in [0.15, 0.2) is 0 Å². The Bertz CT molecular complexity index is 673. The lowest BCUT2D eigenvalue weighted by Crippen LogP contribution is -1.89. The number of fused-ring (bicyclic) bond motifs is 1. The van der Waals surface area contributed by atoms with Gasteiger partial charge in [0.2, 0.25) is 0 Å². The van der Waals surface area contributed by atoms with Gasteiger partial charge >= 0.3 is 0 Å². The van der Waals surface area contributed by atoms with Crippen LogP contribution in [0.4, 0.5) is 0 Å². The molecule has 2 nitrogen and oxygen atoms in total. The van der Waals surface area contributed by atoms with Crippen LogP contribution in [0.3, 0.4) is 0 Å². The van der Waals surface area contributed by atoms with Crippen LogP contribution in [0.15, 0.2) is 30.5 Å². The molecule has 0 unspecified atom stereocenters. The zero-order chi connectivity index (χ0) is 20.6. The van der Waals surface area contributed by atoms with Crippen molar-refractivity contribution in [2.75, 3.05) is 5.75 Å². The third-order valence-corrected chi connectivity index (χ3v) is 6.83. The highest BCUT2D eigenvalue weighted by Gasteiger charge is 2.05. The fourth-order valence-electron chi connectivity index (χ4n) is 3.92. The van der Waals surface area contributed by atoms with E-state index in [2.05, 4.69) is 18.0 Å². The van der Waals surface area contributed by atoms with Gasteiger partial charge in [0.05, 0.1) is 0 Å². The van der Waals surface area contributed by atoms with Crippen LogP contribution in [0.25, 0.3) is 10.9 Å². The highest BCUT2D eigenvalue weighted by molar-refractivity contribution is 7.98. The number of aromatic hydroxyl groups is 1. The van der Waals surface area contributed by atoms with E-state index in [0.717, 1.165) is 16.7 Å². The summed E-state index contributed by atoms with van der Waals surface area (Å²) in [5.74, 6) is 2.50. The van der Waals surface area contributed by atoms with Crippen LogP contribution in [-0.2, 0) is 5.75 Å². The summed E-state index contributed by atoms with van der Waals surface area (Å²) in [6, 6.07) is 7.82. The fraction of sp³-hybridized carbons (Fsp3) is 0.654. The minimum Gasteiger partial charge on any atom is -0.506 e. The molecule has 0 radical (unpaired) electrons. The molecule has 0 fully saturated rings. The van der Waals surface area contributed by atoms with E-state index in [0.29, 0.717) is 0 Å². The molecule has 0 amide bonds. The van der Waals surface area contributed by atoms with E-state index >= 15 is 0 Å². The predicted octanol–water partition coefficient (Wildman–Crippen LogP) is 8.65. The van der Waals surface area contributed by atoms with Crippen LogP contribution >= 0.6 is 11.8 Å². The van der Waals surface area contributed by atoms with Gasteiger partial charge in [-0.1, -0.05) is 103 Å². The van der Waals surface area contributed by atoms with Crippen molar-refractivity contribution in [1.29, 1.82) is 0 Å².